The topological polar surface area (TPSA) is 49.7 Å². The van der Waals surface area contributed by atoms with Crippen molar-refractivity contribution in [3.05, 3.63) is 11.6 Å². The first-order valence-electron chi connectivity index (χ1n) is 4.50. The number of carbonyl (C=O) groups is 1. The highest BCUT2D eigenvalue weighted by Crippen LogP contribution is 2.57. The molecule has 3 aliphatic carbocycles. The third kappa shape index (κ3) is 0.961. The van der Waals surface area contributed by atoms with Crippen LogP contribution in [0.25, 0.3) is 0 Å². The van der Waals surface area contributed by atoms with E-state index in [2.05, 4.69) is 19.0 Å². The molecular weight excluding hydrogens is 166 g/mol. The molecule has 0 spiro atoms. The van der Waals surface area contributed by atoms with Gasteiger partial charge in [-0.15, -0.1) is 0 Å². The minimum absolute atomic E-state index is 0.0579. The summed E-state index contributed by atoms with van der Waals surface area (Å²) in [5, 5.41) is 11.4. The number of oxime groups is 1. The van der Waals surface area contributed by atoms with Crippen molar-refractivity contribution >= 4 is 12.0 Å². The van der Waals surface area contributed by atoms with Gasteiger partial charge in [-0.1, -0.05) is 19.0 Å². The van der Waals surface area contributed by atoms with Crippen LogP contribution in [-0.4, -0.2) is 17.2 Å². The Morgan fingerprint density at radius 2 is 2.31 bits per heavy atom. The Kier molecular flexibility index (Phi) is 1.59. The van der Waals surface area contributed by atoms with Gasteiger partial charge in [0.1, 0.15) is 0 Å². The average molecular weight is 179 g/mol. The summed E-state index contributed by atoms with van der Waals surface area (Å²) < 4.78 is 0. The van der Waals surface area contributed by atoms with Crippen LogP contribution in [0.5, 0.6) is 0 Å². The standard InChI is InChI=1S/C10H13NO2/c1-10(2)7-4-8(10)9(12)3-6(7)5-11-13/h3,5,7-8,13H,4H2,1-2H3/t7-,8-/m1/s1. The van der Waals surface area contributed by atoms with E-state index in [0.717, 1.165) is 12.0 Å². The summed E-state index contributed by atoms with van der Waals surface area (Å²) in [5.74, 6) is 0.766. The average Bonchev–Trinajstić information content (AvgIpc) is 2.03. The predicted molar refractivity (Wildman–Crippen MR) is 48.7 cm³/mol. The fourth-order valence-corrected chi connectivity index (χ4v) is 2.53. The van der Waals surface area contributed by atoms with Crippen LogP contribution in [0.1, 0.15) is 20.3 Å². The molecule has 0 aromatic rings. The minimum Gasteiger partial charge on any atom is -0.411 e. The number of ketones is 1. The lowest BCUT2D eigenvalue weighted by Gasteiger charge is -2.54. The molecule has 0 aromatic carbocycles. The Labute approximate surface area is 77.1 Å². The van der Waals surface area contributed by atoms with Crippen LogP contribution in [-0.2, 0) is 4.79 Å². The number of nitrogens with zero attached hydrogens (tertiary/aromatic N) is 1. The molecule has 0 heterocycles. The van der Waals surface area contributed by atoms with Crippen LogP contribution in [0.15, 0.2) is 16.8 Å². The fourth-order valence-electron chi connectivity index (χ4n) is 2.53. The van der Waals surface area contributed by atoms with Crippen LogP contribution in [0.4, 0.5) is 0 Å². The first-order valence-corrected chi connectivity index (χ1v) is 4.50. The molecular formula is C10H13NO2. The van der Waals surface area contributed by atoms with Gasteiger partial charge < -0.3 is 5.21 Å². The van der Waals surface area contributed by atoms with E-state index in [1.54, 1.807) is 6.08 Å². The maximum absolute atomic E-state index is 11.5. The number of carbonyl (C=O) groups excluding carboxylic acids is 1. The number of fused-ring (bicyclic) bond motifs is 1. The van der Waals surface area contributed by atoms with Crippen molar-refractivity contribution in [2.24, 2.45) is 22.4 Å². The van der Waals surface area contributed by atoms with Gasteiger partial charge in [-0.3, -0.25) is 4.79 Å². The normalized spacial score (nSPS) is 35.8. The lowest BCUT2D eigenvalue weighted by atomic mass is 9.48. The highest BCUT2D eigenvalue weighted by Gasteiger charge is 2.54. The number of hydrogen-bond donors (Lipinski definition) is 1. The summed E-state index contributed by atoms with van der Waals surface area (Å²) >= 11 is 0. The first kappa shape index (κ1) is 8.48. The monoisotopic (exact) mass is 179 g/mol. The molecule has 0 saturated heterocycles. The van der Waals surface area contributed by atoms with Gasteiger partial charge in [-0.05, 0) is 29.4 Å². The largest absolute Gasteiger partial charge is 0.411 e. The van der Waals surface area contributed by atoms with E-state index in [4.69, 9.17) is 5.21 Å². The summed E-state index contributed by atoms with van der Waals surface area (Å²) in [6, 6.07) is 0. The second kappa shape index (κ2) is 2.44. The van der Waals surface area contributed by atoms with Crippen molar-refractivity contribution < 1.29 is 10.0 Å². The molecule has 0 radical (unpaired) electrons. The van der Waals surface area contributed by atoms with Gasteiger partial charge in [0, 0.05) is 5.92 Å². The zero-order valence-electron chi connectivity index (χ0n) is 7.82. The maximum Gasteiger partial charge on any atom is 0.159 e. The molecule has 70 valence electrons. The van der Waals surface area contributed by atoms with Crippen molar-refractivity contribution in [3.63, 3.8) is 0 Å². The van der Waals surface area contributed by atoms with Crippen LogP contribution in [0, 0.1) is 17.3 Å². The second-order valence-corrected chi connectivity index (χ2v) is 4.45. The molecule has 0 aliphatic heterocycles. The first-order chi connectivity index (χ1) is 6.07. The van der Waals surface area contributed by atoms with E-state index < -0.39 is 0 Å². The molecule has 13 heavy (non-hydrogen) atoms. The number of hydrogen-bond acceptors (Lipinski definition) is 3. The molecule has 1 fully saturated rings. The molecule has 1 saturated carbocycles. The van der Waals surface area contributed by atoms with Gasteiger partial charge in [0.2, 0.25) is 0 Å². The maximum atomic E-state index is 11.5. The fraction of sp³-hybridized carbons (Fsp3) is 0.600. The van der Waals surface area contributed by atoms with Crippen molar-refractivity contribution in [2.45, 2.75) is 20.3 Å². The van der Waals surface area contributed by atoms with Crippen molar-refractivity contribution in [3.8, 4) is 0 Å². The molecule has 3 nitrogen and oxygen atoms in total. The van der Waals surface area contributed by atoms with Crippen molar-refractivity contribution in [1.82, 2.24) is 0 Å². The Morgan fingerprint density at radius 3 is 2.77 bits per heavy atom. The Morgan fingerprint density at radius 1 is 1.62 bits per heavy atom. The SMILES string of the molecule is CC1(C)[C@@H]2C[C@@H]1C(C=NO)=CC2=O. The Bertz CT molecular complexity index is 315. The van der Waals surface area contributed by atoms with E-state index in [1.165, 1.54) is 6.21 Å². The zero-order chi connectivity index (χ0) is 9.64. The minimum atomic E-state index is 0.0579. The molecule has 3 aliphatic rings. The zero-order valence-corrected chi connectivity index (χ0v) is 7.82. The van der Waals surface area contributed by atoms with E-state index >= 15 is 0 Å². The van der Waals surface area contributed by atoms with Crippen LogP contribution < -0.4 is 0 Å². The van der Waals surface area contributed by atoms with Crippen LogP contribution >= 0.6 is 0 Å². The summed E-state index contributed by atoms with van der Waals surface area (Å²) in [5.41, 5.74) is 0.933. The third-order valence-electron chi connectivity index (χ3n) is 3.53. The molecule has 0 aromatic heterocycles. The van der Waals surface area contributed by atoms with E-state index in [1.807, 2.05) is 0 Å². The van der Waals surface area contributed by atoms with Gasteiger partial charge in [0.15, 0.2) is 5.78 Å². The molecule has 2 bridgehead atoms. The smallest absolute Gasteiger partial charge is 0.159 e. The Balaban J connectivity index is 2.36. The van der Waals surface area contributed by atoms with Gasteiger partial charge in [0.05, 0.1) is 6.21 Å². The summed E-state index contributed by atoms with van der Waals surface area (Å²) in [4.78, 5) is 11.5. The predicted octanol–water partition coefficient (Wildman–Crippen LogP) is 1.62. The Hall–Kier alpha value is -1.12. The van der Waals surface area contributed by atoms with E-state index in [9.17, 15) is 4.79 Å². The highest BCUT2D eigenvalue weighted by atomic mass is 16.4. The molecule has 3 heteroatoms. The third-order valence-corrected chi connectivity index (χ3v) is 3.53. The van der Waals surface area contributed by atoms with Crippen molar-refractivity contribution in [1.29, 1.82) is 0 Å². The lowest BCUT2D eigenvalue weighted by Crippen LogP contribution is -2.52. The highest BCUT2D eigenvalue weighted by molar-refractivity contribution is 6.01. The molecule has 0 amide bonds. The van der Waals surface area contributed by atoms with Crippen LogP contribution in [0.2, 0.25) is 0 Å². The molecule has 2 atom stereocenters. The van der Waals surface area contributed by atoms with Crippen LogP contribution in [0.3, 0.4) is 0 Å². The molecule has 1 N–H and O–H groups in total. The van der Waals surface area contributed by atoms with Gasteiger partial charge in [-0.25, -0.2) is 0 Å². The van der Waals surface area contributed by atoms with Crippen molar-refractivity contribution in [2.75, 3.05) is 0 Å². The summed E-state index contributed by atoms with van der Waals surface area (Å²) in [7, 11) is 0. The summed E-state index contributed by atoms with van der Waals surface area (Å²) in [6.07, 6.45) is 3.92. The van der Waals surface area contributed by atoms with E-state index in [0.29, 0.717) is 5.92 Å². The second-order valence-electron chi connectivity index (χ2n) is 4.45. The lowest BCUT2D eigenvalue weighted by molar-refractivity contribution is -0.133. The quantitative estimate of drug-likeness (QED) is 0.378. The van der Waals surface area contributed by atoms with Gasteiger partial charge in [0.25, 0.3) is 0 Å². The van der Waals surface area contributed by atoms with Gasteiger partial charge >= 0.3 is 0 Å². The molecule has 0 unspecified atom stereocenters. The number of rotatable bonds is 1. The summed E-state index contributed by atoms with van der Waals surface area (Å²) in [6.45, 7) is 4.20. The number of allylic oxidation sites excluding steroid dienone is 2. The molecule has 3 rings (SSSR count). The van der Waals surface area contributed by atoms with Gasteiger partial charge in [-0.2, -0.15) is 0 Å². The van der Waals surface area contributed by atoms with E-state index in [-0.39, 0.29) is 17.1 Å².